The Labute approximate surface area is 163 Å². The van der Waals surface area contributed by atoms with Crippen LogP contribution in [0.4, 0.5) is 4.79 Å². The Morgan fingerprint density at radius 1 is 1.07 bits per heavy atom. The van der Waals surface area contributed by atoms with E-state index in [0.29, 0.717) is 13.1 Å². The second-order valence-electron chi connectivity index (χ2n) is 7.37. The number of methoxy groups -OCH3 is 1. The summed E-state index contributed by atoms with van der Waals surface area (Å²) in [6, 6.07) is 17.9. The van der Waals surface area contributed by atoms with Crippen molar-refractivity contribution < 1.29 is 18.7 Å². The van der Waals surface area contributed by atoms with E-state index in [2.05, 4.69) is 17.0 Å². The third kappa shape index (κ3) is 2.99. The van der Waals surface area contributed by atoms with E-state index in [0.717, 1.165) is 41.1 Å². The number of carbonyl (C=O) groups excluding carboxylic acids is 1. The van der Waals surface area contributed by atoms with E-state index in [9.17, 15) is 4.79 Å². The number of fused-ring (bicyclic) bond motifs is 2. The molecule has 1 amide bonds. The maximum absolute atomic E-state index is 12.4. The smallest absolute Gasteiger partial charge is 0.410 e. The van der Waals surface area contributed by atoms with Gasteiger partial charge in [-0.15, -0.1) is 0 Å². The first kappa shape index (κ1) is 17.1. The average molecular weight is 378 g/mol. The van der Waals surface area contributed by atoms with Crippen LogP contribution in [-0.4, -0.2) is 48.2 Å². The molecule has 3 aromatic rings. The number of furan rings is 1. The van der Waals surface area contributed by atoms with Crippen LogP contribution in [-0.2, 0) is 17.8 Å². The Balaban J connectivity index is 1.30. The van der Waals surface area contributed by atoms with Crippen molar-refractivity contribution in [3.8, 4) is 5.75 Å². The lowest BCUT2D eigenvalue weighted by atomic mass is 10.1. The van der Waals surface area contributed by atoms with Gasteiger partial charge in [0.15, 0.2) is 0 Å². The van der Waals surface area contributed by atoms with Crippen molar-refractivity contribution in [2.75, 3.05) is 20.2 Å². The van der Waals surface area contributed by atoms with Crippen LogP contribution in [0.1, 0.15) is 11.3 Å². The summed E-state index contributed by atoms with van der Waals surface area (Å²) < 4.78 is 17.0. The van der Waals surface area contributed by atoms with Crippen LogP contribution in [0.3, 0.4) is 0 Å². The Kier molecular flexibility index (Phi) is 4.20. The average Bonchev–Trinajstić information content (AvgIpc) is 3.36. The molecule has 0 radical (unpaired) electrons. The van der Waals surface area contributed by atoms with Gasteiger partial charge >= 0.3 is 6.09 Å². The van der Waals surface area contributed by atoms with Gasteiger partial charge in [0.2, 0.25) is 0 Å². The maximum atomic E-state index is 12.4. The zero-order chi connectivity index (χ0) is 19.1. The summed E-state index contributed by atoms with van der Waals surface area (Å²) in [5, 5.41) is 1.11. The fourth-order valence-corrected chi connectivity index (χ4v) is 4.24. The molecule has 2 aliphatic heterocycles. The summed E-state index contributed by atoms with van der Waals surface area (Å²) >= 11 is 0. The van der Waals surface area contributed by atoms with Gasteiger partial charge in [0.05, 0.1) is 26.2 Å². The highest BCUT2D eigenvalue weighted by Crippen LogP contribution is 2.31. The molecule has 144 valence electrons. The molecule has 3 heterocycles. The second-order valence-corrected chi connectivity index (χ2v) is 7.37. The van der Waals surface area contributed by atoms with Gasteiger partial charge in [-0.1, -0.05) is 36.4 Å². The summed E-state index contributed by atoms with van der Waals surface area (Å²) in [5.74, 6) is 1.72. The van der Waals surface area contributed by atoms with Gasteiger partial charge in [-0.2, -0.15) is 0 Å². The molecular formula is C22H22N2O4. The monoisotopic (exact) mass is 378 g/mol. The zero-order valence-electron chi connectivity index (χ0n) is 15.7. The topological polar surface area (TPSA) is 55.1 Å². The van der Waals surface area contributed by atoms with Crippen molar-refractivity contribution in [2.24, 2.45) is 0 Å². The molecule has 2 aliphatic rings. The summed E-state index contributed by atoms with van der Waals surface area (Å²) in [4.78, 5) is 16.5. The summed E-state index contributed by atoms with van der Waals surface area (Å²) in [7, 11) is 1.65. The zero-order valence-corrected chi connectivity index (χ0v) is 15.7. The Hall–Kier alpha value is -2.99. The number of para-hydroxylation sites is 2. The van der Waals surface area contributed by atoms with E-state index in [1.165, 1.54) is 0 Å². The number of carbonyl (C=O) groups is 1. The van der Waals surface area contributed by atoms with Gasteiger partial charge in [0.25, 0.3) is 0 Å². The van der Waals surface area contributed by atoms with Crippen molar-refractivity contribution in [3.63, 3.8) is 0 Å². The van der Waals surface area contributed by atoms with Crippen LogP contribution >= 0.6 is 0 Å². The van der Waals surface area contributed by atoms with E-state index in [4.69, 9.17) is 13.9 Å². The molecule has 0 saturated carbocycles. The minimum atomic E-state index is -0.246. The molecule has 0 aliphatic carbocycles. The maximum Gasteiger partial charge on any atom is 0.410 e. The van der Waals surface area contributed by atoms with Crippen LogP contribution in [0.25, 0.3) is 11.0 Å². The number of rotatable bonds is 5. The highest BCUT2D eigenvalue weighted by Gasteiger charge is 2.47. The number of hydrogen-bond acceptors (Lipinski definition) is 5. The Morgan fingerprint density at radius 2 is 1.89 bits per heavy atom. The quantitative estimate of drug-likeness (QED) is 0.678. The highest BCUT2D eigenvalue weighted by molar-refractivity contribution is 5.77. The predicted molar refractivity (Wildman–Crippen MR) is 104 cm³/mol. The predicted octanol–water partition coefficient (Wildman–Crippen LogP) is 3.65. The lowest BCUT2D eigenvalue weighted by molar-refractivity contribution is 0.118. The van der Waals surface area contributed by atoms with Crippen LogP contribution in [0, 0.1) is 0 Å². The van der Waals surface area contributed by atoms with E-state index >= 15 is 0 Å². The van der Waals surface area contributed by atoms with Crippen LogP contribution in [0.5, 0.6) is 5.75 Å². The molecule has 0 N–H and O–H groups in total. The molecule has 2 aromatic carbocycles. The minimum absolute atomic E-state index is 0.0433. The SMILES string of the molecule is COc1ccccc1CN1C(=O)O[C@@H]2CN(Cc3cc4ccccc4o3)C[C@@H]21. The molecule has 6 nitrogen and oxygen atoms in total. The van der Waals surface area contributed by atoms with Crippen molar-refractivity contribution in [1.82, 2.24) is 9.80 Å². The number of benzene rings is 2. The highest BCUT2D eigenvalue weighted by atomic mass is 16.6. The van der Waals surface area contributed by atoms with E-state index < -0.39 is 0 Å². The lowest BCUT2D eigenvalue weighted by Gasteiger charge is -2.22. The molecule has 0 spiro atoms. The standard InChI is InChI=1S/C22H22N2O4/c1-26-19-8-4-3-7-16(19)11-24-18-13-23(14-21(18)28-22(24)25)12-17-10-15-6-2-5-9-20(15)27-17/h2-10,18,21H,11-14H2,1H3/t18-,21+/m0/s1. The number of amides is 1. The number of hydrogen-bond donors (Lipinski definition) is 0. The largest absolute Gasteiger partial charge is 0.496 e. The molecule has 2 saturated heterocycles. The fourth-order valence-electron chi connectivity index (χ4n) is 4.24. The molecule has 0 bridgehead atoms. The van der Waals surface area contributed by atoms with E-state index in [1.54, 1.807) is 7.11 Å². The molecule has 28 heavy (non-hydrogen) atoms. The van der Waals surface area contributed by atoms with Crippen LogP contribution in [0.2, 0.25) is 0 Å². The van der Waals surface area contributed by atoms with E-state index in [1.807, 2.05) is 47.4 Å². The lowest BCUT2D eigenvalue weighted by Crippen LogP contribution is -2.37. The van der Waals surface area contributed by atoms with Crippen molar-refractivity contribution >= 4 is 17.1 Å². The number of likely N-dealkylation sites (tertiary alicyclic amines) is 1. The van der Waals surface area contributed by atoms with Gasteiger partial charge in [0, 0.05) is 24.0 Å². The van der Waals surface area contributed by atoms with Gasteiger partial charge in [-0.3, -0.25) is 9.80 Å². The van der Waals surface area contributed by atoms with Gasteiger partial charge in [-0.05, 0) is 18.2 Å². The van der Waals surface area contributed by atoms with Gasteiger partial charge < -0.3 is 13.9 Å². The molecule has 5 rings (SSSR count). The third-order valence-corrected chi connectivity index (χ3v) is 5.59. The third-order valence-electron chi connectivity index (χ3n) is 5.59. The molecule has 1 aromatic heterocycles. The van der Waals surface area contributed by atoms with Crippen LogP contribution < -0.4 is 4.74 Å². The molecular weight excluding hydrogens is 356 g/mol. The fraction of sp³-hybridized carbons (Fsp3) is 0.318. The molecule has 0 unspecified atom stereocenters. The van der Waals surface area contributed by atoms with Gasteiger partial charge in [0.1, 0.15) is 23.2 Å². The summed E-state index contributed by atoms with van der Waals surface area (Å²) in [6.07, 6.45) is -0.351. The van der Waals surface area contributed by atoms with Gasteiger partial charge in [-0.25, -0.2) is 4.79 Å². The Morgan fingerprint density at radius 3 is 2.75 bits per heavy atom. The number of ether oxygens (including phenoxy) is 2. The first-order chi connectivity index (χ1) is 13.7. The van der Waals surface area contributed by atoms with Crippen LogP contribution in [0.15, 0.2) is 59.0 Å². The first-order valence-electron chi connectivity index (χ1n) is 9.50. The molecule has 2 atom stereocenters. The van der Waals surface area contributed by atoms with Crippen molar-refractivity contribution in [1.29, 1.82) is 0 Å². The van der Waals surface area contributed by atoms with E-state index in [-0.39, 0.29) is 18.2 Å². The van der Waals surface area contributed by atoms with Crippen molar-refractivity contribution in [3.05, 3.63) is 65.9 Å². The molecule has 6 heteroatoms. The number of nitrogens with zero attached hydrogens (tertiary/aromatic N) is 2. The molecule has 2 fully saturated rings. The van der Waals surface area contributed by atoms with Crippen molar-refractivity contribution in [2.45, 2.75) is 25.2 Å². The summed E-state index contributed by atoms with van der Waals surface area (Å²) in [6.45, 7) is 2.68. The summed E-state index contributed by atoms with van der Waals surface area (Å²) in [5.41, 5.74) is 1.89. The normalized spacial score (nSPS) is 21.9. The first-order valence-corrected chi connectivity index (χ1v) is 9.50. The second kappa shape index (κ2) is 6.87. The minimum Gasteiger partial charge on any atom is -0.496 e. The Bertz CT molecular complexity index is 981.